The van der Waals surface area contributed by atoms with E-state index in [1.54, 1.807) is 0 Å². The van der Waals surface area contributed by atoms with Crippen LogP contribution < -0.4 is 0 Å². The van der Waals surface area contributed by atoms with Gasteiger partial charge < -0.3 is 0 Å². The second-order valence-corrected chi connectivity index (χ2v) is 4.46. The summed E-state index contributed by atoms with van der Waals surface area (Å²) in [6.07, 6.45) is -15.5. The molecule has 0 N–H and O–H groups in total. The summed E-state index contributed by atoms with van der Waals surface area (Å²) < 4.78 is 209. The van der Waals surface area contributed by atoms with Gasteiger partial charge in [-0.15, -0.1) is 0 Å². The highest BCUT2D eigenvalue weighted by atomic mass is 19.4. The van der Waals surface area contributed by atoms with Crippen molar-refractivity contribution in [3.8, 4) is 0 Å². The van der Waals surface area contributed by atoms with E-state index in [0.717, 1.165) is 0 Å². The summed E-state index contributed by atoms with van der Waals surface area (Å²) in [5.74, 6) is -50.5. The van der Waals surface area contributed by atoms with E-state index < -0.39 is 47.8 Å². The predicted molar refractivity (Wildman–Crippen MR) is 41.4 cm³/mol. The molecule has 0 saturated carbocycles. The lowest BCUT2D eigenvalue weighted by atomic mass is 9.90. The fraction of sp³-hybridized carbons (Fsp3) is 1.00. The van der Waals surface area contributed by atoms with Gasteiger partial charge in [-0.3, -0.25) is 0 Å². The molecule has 0 aliphatic carbocycles. The van der Waals surface area contributed by atoms with E-state index in [1.165, 1.54) is 0 Å². The van der Waals surface area contributed by atoms with E-state index in [2.05, 4.69) is 0 Å². The van der Waals surface area contributed by atoms with Crippen LogP contribution in [-0.4, -0.2) is 47.8 Å². The van der Waals surface area contributed by atoms with Crippen LogP contribution in [0.2, 0.25) is 0 Å². The van der Waals surface area contributed by atoms with Crippen LogP contribution in [0.25, 0.3) is 0 Å². The Morgan fingerprint density at radius 3 is 0.769 bits per heavy atom. The first-order valence-electron chi connectivity index (χ1n) is 5.17. The number of hydrogen-bond acceptors (Lipinski definition) is 0. The zero-order valence-corrected chi connectivity index (χ0v) is 10.8. The summed E-state index contributed by atoms with van der Waals surface area (Å²) in [6, 6.07) is 0. The molecule has 0 aromatic heterocycles. The van der Waals surface area contributed by atoms with Crippen molar-refractivity contribution in [1.82, 2.24) is 0 Å². The molecule has 0 rings (SSSR count). The third-order valence-electron chi connectivity index (χ3n) is 2.70. The van der Waals surface area contributed by atoms with Gasteiger partial charge in [-0.1, -0.05) is 0 Å². The molecule has 1 unspecified atom stereocenters. The Morgan fingerprint density at radius 1 is 0.308 bits per heavy atom. The minimum absolute atomic E-state index is 7.70. The lowest BCUT2D eigenvalue weighted by molar-refractivity contribution is -0.486. The lowest BCUT2D eigenvalue weighted by Gasteiger charge is -2.41. The first-order valence-corrected chi connectivity index (χ1v) is 5.17. The standard InChI is InChI=1S/C8F17O/c9-1(10,3(13,14)5(17,18)7(20,21)22)2(11,12)4(15,16)6(19,26)8(23,24)25. The Bertz CT molecular complexity index is 474. The van der Waals surface area contributed by atoms with Gasteiger partial charge in [0.15, 0.2) is 0 Å². The Balaban J connectivity index is 6.61. The molecule has 0 aromatic rings. The highest BCUT2D eigenvalue weighted by Gasteiger charge is 2.95. The Hall–Kier alpha value is -1.23. The van der Waals surface area contributed by atoms with Gasteiger partial charge in [0.05, 0.1) is 0 Å². The topological polar surface area (TPSA) is 19.9 Å². The van der Waals surface area contributed by atoms with Crippen LogP contribution in [0.5, 0.6) is 0 Å². The third-order valence-corrected chi connectivity index (χ3v) is 2.70. The predicted octanol–water partition coefficient (Wildman–Crippen LogP) is 5.38. The van der Waals surface area contributed by atoms with Crippen molar-refractivity contribution in [3.05, 3.63) is 0 Å². The number of rotatable bonds is 5. The van der Waals surface area contributed by atoms with Crippen molar-refractivity contribution in [2.75, 3.05) is 0 Å². The first-order chi connectivity index (χ1) is 10.8. The minimum atomic E-state index is -8.68. The normalized spacial score (nSPS) is 18.7. The van der Waals surface area contributed by atoms with Crippen LogP contribution in [-0.2, 0) is 5.11 Å². The SMILES string of the molecule is [O]C(F)(C(F)(F)F)C(F)(F)C(F)(F)C(F)(F)C(F)(F)C(F)(F)C(F)(F)F. The highest BCUT2D eigenvalue weighted by Crippen LogP contribution is 2.63. The van der Waals surface area contributed by atoms with Crippen molar-refractivity contribution in [1.29, 1.82) is 0 Å². The molecule has 0 aliphatic heterocycles. The Kier molecular flexibility index (Phi) is 5.37. The molecule has 0 amide bonds. The van der Waals surface area contributed by atoms with Crippen molar-refractivity contribution >= 4 is 0 Å². The molecule has 26 heavy (non-hydrogen) atoms. The molecule has 0 fully saturated rings. The van der Waals surface area contributed by atoms with Crippen molar-refractivity contribution in [3.63, 3.8) is 0 Å². The third kappa shape index (κ3) is 2.83. The Morgan fingerprint density at radius 2 is 0.538 bits per heavy atom. The number of alkyl halides is 17. The first kappa shape index (κ1) is 24.8. The second kappa shape index (κ2) is 5.63. The van der Waals surface area contributed by atoms with E-state index >= 15 is 0 Å². The lowest BCUT2D eigenvalue weighted by Crippen LogP contribution is -2.74. The van der Waals surface area contributed by atoms with Gasteiger partial charge in [0.25, 0.3) is 0 Å². The average Bonchev–Trinajstić information content (AvgIpc) is 2.34. The van der Waals surface area contributed by atoms with Crippen molar-refractivity contribution in [2.24, 2.45) is 0 Å². The largest absolute Gasteiger partial charge is 0.460 e. The van der Waals surface area contributed by atoms with E-state index in [1.807, 2.05) is 0 Å². The molecular formula is C8F17O. The van der Waals surface area contributed by atoms with Gasteiger partial charge in [-0.05, 0) is 0 Å². The molecule has 157 valence electrons. The summed E-state index contributed by atoms with van der Waals surface area (Å²) in [5.41, 5.74) is 0. The van der Waals surface area contributed by atoms with Crippen LogP contribution in [0.15, 0.2) is 0 Å². The van der Waals surface area contributed by atoms with Gasteiger partial charge >= 0.3 is 47.8 Å². The minimum Gasteiger partial charge on any atom is -0.192 e. The molecule has 1 radical (unpaired) electrons. The summed E-state index contributed by atoms with van der Waals surface area (Å²) in [6.45, 7) is 0. The van der Waals surface area contributed by atoms with Crippen LogP contribution in [0.3, 0.4) is 0 Å². The number of halogens is 17. The summed E-state index contributed by atoms with van der Waals surface area (Å²) in [4.78, 5) is 0. The van der Waals surface area contributed by atoms with Gasteiger partial charge in [0.1, 0.15) is 0 Å². The van der Waals surface area contributed by atoms with E-state index in [9.17, 15) is 79.7 Å². The fourth-order valence-electron chi connectivity index (χ4n) is 1.15. The summed E-state index contributed by atoms with van der Waals surface area (Å²) in [5, 5.41) is 10.0. The molecule has 0 aliphatic rings. The van der Waals surface area contributed by atoms with Crippen LogP contribution in [0.4, 0.5) is 74.6 Å². The molecule has 0 heterocycles. The van der Waals surface area contributed by atoms with Crippen molar-refractivity contribution < 1.29 is 79.7 Å². The molecule has 1 nitrogen and oxygen atoms in total. The smallest absolute Gasteiger partial charge is 0.192 e. The molecule has 1 atom stereocenters. The maximum Gasteiger partial charge on any atom is 0.460 e. The summed E-state index contributed by atoms with van der Waals surface area (Å²) in [7, 11) is 0. The van der Waals surface area contributed by atoms with Gasteiger partial charge in [0.2, 0.25) is 0 Å². The molecule has 0 aromatic carbocycles. The van der Waals surface area contributed by atoms with Crippen molar-refractivity contribution in [2.45, 2.75) is 47.8 Å². The van der Waals surface area contributed by atoms with Gasteiger partial charge in [-0.25, -0.2) is 0 Å². The van der Waals surface area contributed by atoms with E-state index in [4.69, 9.17) is 0 Å². The van der Waals surface area contributed by atoms with Crippen LogP contribution in [0, 0.1) is 0 Å². The highest BCUT2D eigenvalue weighted by molar-refractivity contribution is 5.13. The van der Waals surface area contributed by atoms with Gasteiger partial charge in [0, 0.05) is 0 Å². The van der Waals surface area contributed by atoms with Crippen LogP contribution >= 0.6 is 0 Å². The fourth-order valence-corrected chi connectivity index (χ4v) is 1.15. The maximum absolute atomic E-state index is 12.8. The van der Waals surface area contributed by atoms with E-state index in [-0.39, 0.29) is 0 Å². The number of hydrogen-bond donors (Lipinski definition) is 0. The molecule has 0 spiro atoms. The monoisotopic (exact) mass is 435 g/mol. The quantitative estimate of drug-likeness (QED) is 0.517. The molecule has 0 bridgehead atoms. The average molecular weight is 435 g/mol. The molecular weight excluding hydrogens is 435 g/mol. The zero-order valence-electron chi connectivity index (χ0n) is 10.8. The molecule has 0 saturated heterocycles. The zero-order chi connectivity index (χ0) is 22.0. The maximum atomic E-state index is 12.8. The Labute approximate surface area is 129 Å². The van der Waals surface area contributed by atoms with Crippen LogP contribution in [0.1, 0.15) is 0 Å². The van der Waals surface area contributed by atoms with Gasteiger partial charge in [-0.2, -0.15) is 79.7 Å². The second-order valence-electron chi connectivity index (χ2n) is 4.46. The van der Waals surface area contributed by atoms with E-state index in [0.29, 0.717) is 0 Å². The summed E-state index contributed by atoms with van der Waals surface area (Å²) >= 11 is 0. The molecule has 18 heteroatoms.